The molecule has 2 aromatic carbocycles. The van der Waals surface area contributed by atoms with Crippen LogP contribution in [0.5, 0.6) is 5.75 Å². The van der Waals surface area contributed by atoms with Crippen LogP contribution in [0.2, 0.25) is 0 Å². The van der Waals surface area contributed by atoms with Crippen LogP contribution in [0.1, 0.15) is 6.42 Å². The first kappa shape index (κ1) is 21.1. The molecule has 27 heavy (non-hydrogen) atoms. The lowest BCUT2D eigenvalue weighted by atomic mass is 10.2. The van der Waals surface area contributed by atoms with Crippen molar-refractivity contribution in [1.82, 2.24) is 5.32 Å². The molecule has 0 bridgehead atoms. The Hall–Kier alpha value is -2.16. The molecular formula is C18H25ClN4O3S. The minimum atomic E-state index is -3.71. The predicted molar refractivity (Wildman–Crippen MR) is 112 cm³/mol. The van der Waals surface area contributed by atoms with Crippen LogP contribution in [0.15, 0.2) is 47.4 Å². The summed E-state index contributed by atoms with van der Waals surface area (Å²) < 4.78 is 32.9. The second-order valence-electron chi connectivity index (χ2n) is 6.15. The van der Waals surface area contributed by atoms with Crippen LogP contribution in [0.25, 0.3) is 0 Å². The first-order valence-electron chi connectivity index (χ1n) is 8.52. The molecule has 0 spiro atoms. The minimum absolute atomic E-state index is 0. The summed E-state index contributed by atoms with van der Waals surface area (Å²) in [6.45, 7) is 3.61. The molecular weight excluding hydrogens is 388 g/mol. The van der Waals surface area contributed by atoms with Gasteiger partial charge in [-0.25, -0.2) is 8.42 Å². The molecule has 0 aliphatic carbocycles. The van der Waals surface area contributed by atoms with Gasteiger partial charge in [0.05, 0.1) is 23.4 Å². The molecule has 7 nitrogen and oxygen atoms in total. The Morgan fingerprint density at radius 2 is 1.85 bits per heavy atom. The zero-order valence-electron chi connectivity index (χ0n) is 15.1. The fourth-order valence-corrected chi connectivity index (χ4v) is 4.04. The van der Waals surface area contributed by atoms with E-state index in [0.29, 0.717) is 17.1 Å². The van der Waals surface area contributed by atoms with Crippen LogP contribution >= 0.6 is 12.4 Å². The van der Waals surface area contributed by atoms with Crippen molar-refractivity contribution in [3.05, 3.63) is 42.5 Å². The summed E-state index contributed by atoms with van der Waals surface area (Å²) in [6.07, 6.45) is 1.03. The number of rotatable bonds is 5. The summed E-state index contributed by atoms with van der Waals surface area (Å²) >= 11 is 0. The number of anilines is 3. The monoisotopic (exact) mass is 412 g/mol. The molecule has 2 aromatic rings. The summed E-state index contributed by atoms with van der Waals surface area (Å²) in [5.74, 6) is 0.661. The number of ether oxygens (including phenoxy) is 1. The van der Waals surface area contributed by atoms with Crippen LogP contribution < -0.4 is 25.4 Å². The van der Waals surface area contributed by atoms with E-state index in [1.807, 2.05) is 0 Å². The first-order chi connectivity index (χ1) is 12.5. The van der Waals surface area contributed by atoms with Gasteiger partial charge in [-0.1, -0.05) is 0 Å². The lowest BCUT2D eigenvalue weighted by Crippen LogP contribution is -2.28. The quantitative estimate of drug-likeness (QED) is 0.652. The maximum absolute atomic E-state index is 12.6. The van der Waals surface area contributed by atoms with E-state index in [4.69, 9.17) is 10.5 Å². The van der Waals surface area contributed by atoms with E-state index in [2.05, 4.69) is 14.9 Å². The molecule has 0 amide bonds. The largest absolute Gasteiger partial charge is 0.497 e. The number of benzene rings is 2. The number of nitrogen functional groups attached to an aromatic ring is 1. The molecule has 1 fully saturated rings. The van der Waals surface area contributed by atoms with Crippen molar-refractivity contribution in [2.45, 2.75) is 11.3 Å². The third-order valence-electron chi connectivity index (χ3n) is 4.33. The van der Waals surface area contributed by atoms with E-state index < -0.39 is 10.0 Å². The average Bonchev–Trinajstić information content (AvgIpc) is 2.91. The van der Waals surface area contributed by atoms with Gasteiger partial charge in [0.25, 0.3) is 10.0 Å². The van der Waals surface area contributed by atoms with Gasteiger partial charge in [-0.2, -0.15) is 0 Å². The average molecular weight is 413 g/mol. The predicted octanol–water partition coefficient (Wildman–Crippen LogP) is 2.30. The summed E-state index contributed by atoms with van der Waals surface area (Å²) in [5, 5.41) is 3.34. The number of hydrogen-bond acceptors (Lipinski definition) is 6. The van der Waals surface area contributed by atoms with Crippen LogP contribution in [0.4, 0.5) is 17.1 Å². The van der Waals surface area contributed by atoms with E-state index in [9.17, 15) is 8.42 Å². The van der Waals surface area contributed by atoms with Crippen LogP contribution in [0.3, 0.4) is 0 Å². The zero-order valence-corrected chi connectivity index (χ0v) is 16.8. The SMILES string of the molecule is COc1ccc(NS(=O)(=O)c2ccc(N3CCCNCC3)c(N)c2)cc1.Cl. The summed E-state index contributed by atoms with van der Waals surface area (Å²) in [5.41, 5.74) is 7.96. The first-order valence-corrected chi connectivity index (χ1v) is 10.00. The second-order valence-corrected chi connectivity index (χ2v) is 7.83. The van der Waals surface area contributed by atoms with E-state index in [-0.39, 0.29) is 17.3 Å². The van der Waals surface area contributed by atoms with Gasteiger partial charge in [0.1, 0.15) is 5.75 Å². The minimum Gasteiger partial charge on any atom is -0.497 e. The van der Waals surface area contributed by atoms with Gasteiger partial charge in [-0.3, -0.25) is 4.72 Å². The van der Waals surface area contributed by atoms with Crippen molar-refractivity contribution in [2.24, 2.45) is 0 Å². The Balaban J connectivity index is 0.00000261. The summed E-state index contributed by atoms with van der Waals surface area (Å²) in [7, 11) is -2.15. The number of methoxy groups -OCH3 is 1. The highest BCUT2D eigenvalue weighted by atomic mass is 35.5. The van der Waals surface area contributed by atoms with Crippen molar-refractivity contribution in [3.63, 3.8) is 0 Å². The molecule has 0 aromatic heterocycles. The number of hydrogen-bond donors (Lipinski definition) is 3. The van der Waals surface area contributed by atoms with Gasteiger partial charge in [0.15, 0.2) is 0 Å². The van der Waals surface area contributed by atoms with Crippen molar-refractivity contribution >= 4 is 39.5 Å². The number of sulfonamides is 1. The fourth-order valence-electron chi connectivity index (χ4n) is 2.95. The van der Waals surface area contributed by atoms with E-state index >= 15 is 0 Å². The lowest BCUT2D eigenvalue weighted by molar-refractivity contribution is 0.415. The van der Waals surface area contributed by atoms with Crippen molar-refractivity contribution in [2.75, 3.05) is 48.6 Å². The highest BCUT2D eigenvalue weighted by Crippen LogP contribution is 2.28. The lowest BCUT2D eigenvalue weighted by Gasteiger charge is -2.24. The Bertz CT molecular complexity index is 851. The molecule has 9 heteroatoms. The highest BCUT2D eigenvalue weighted by molar-refractivity contribution is 7.92. The third kappa shape index (κ3) is 5.18. The van der Waals surface area contributed by atoms with E-state index in [1.165, 1.54) is 6.07 Å². The zero-order chi connectivity index (χ0) is 18.6. The molecule has 4 N–H and O–H groups in total. The molecule has 1 aliphatic heterocycles. The van der Waals surface area contributed by atoms with Crippen molar-refractivity contribution in [1.29, 1.82) is 0 Å². The molecule has 1 heterocycles. The molecule has 1 saturated heterocycles. The molecule has 148 valence electrons. The number of halogens is 1. The molecule has 0 atom stereocenters. The number of nitrogens with zero attached hydrogens (tertiary/aromatic N) is 1. The van der Waals surface area contributed by atoms with Crippen molar-refractivity contribution < 1.29 is 13.2 Å². The topological polar surface area (TPSA) is 96.7 Å². The van der Waals surface area contributed by atoms with Gasteiger partial charge < -0.3 is 20.7 Å². The molecule has 3 rings (SSSR count). The fraction of sp³-hybridized carbons (Fsp3) is 0.333. The molecule has 0 radical (unpaired) electrons. The Morgan fingerprint density at radius 3 is 2.52 bits per heavy atom. The molecule has 1 aliphatic rings. The Labute approximate surface area is 166 Å². The van der Waals surface area contributed by atoms with Crippen LogP contribution in [-0.4, -0.2) is 41.7 Å². The Morgan fingerprint density at radius 1 is 1.11 bits per heavy atom. The van der Waals surface area contributed by atoms with Gasteiger partial charge >= 0.3 is 0 Å². The number of nitrogens with two attached hydrogens (primary N) is 1. The molecule has 0 saturated carbocycles. The van der Waals surface area contributed by atoms with Gasteiger partial charge in [0.2, 0.25) is 0 Å². The summed E-state index contributed by atoms with van der Waals surface area (Å²) in [6, 6.07) is 11.6. The second kappa shape index (κ2) is 9.16. The van der Waals surface area contributed by atoms with Gasteiger partial charge in [-0.15, -0.1) is 12.4 Å². The standard InChI is InChI=1S/C18H24N4O3S.ClH/c1-25-15-5-3-14(4-6-15)21-26(23,24)16-7-8-18(17(19)13-16)22-11-2-9-20-10-12-22;/h3-8,13,20-21H,2,9-12,19H2,1H3;1H. The van der Waals surface area contributed by atoms with E-state index in [0.717, 1.165) is 38.3 Å². The number of nitrogens with one attached hydrogen (secondary N) is 2. The maximum atomic E-state index is 12.6. The summed E-state index contributed by atoms with van der Waals surface area (Å²) in [4.78, 5) is 2.32. The smallest absolute Gasteiger partial charge is 0.261 e. The van der Waals surface area contributed by atoms with Gasteiger partial charge in [0, 0.05) is 25.3 Å². The van der Waals surface area contributed by atoms with Gasteiger partial charge in [-0.05, 0) is 55.4 Å². The molecule has 0 unspecified atom stereocenters. The van der Waals surface area contributed by atoms with Crippen LogP contribution in [0, 0.1) is 0 Å². The normalized spacial score (nSPS) is 14.8. The van der Waals surface area contributed by atoms with E-state index in [1.54, 1.807) is 43.5 Å². The maximum Gasteiger partial charge on any atom is 0.261 e. The third-order valence-corrected chi connectivity index (χ3v) is 5.71. The van der Waals surface area contributed by atoms with Crippen LogP contribution in [-0.2, 0) is 10.0 Å². The van der Waals surface area contributed by atoms with Crippen molar-refractivity contribution in [3.8, 4) is 5.75 Å². The highest BCUT2D eigenvalue weighted by Gasteiger charge is 2.18. The Kier molecular flexibility index (Phi) is 7.18.